The number of para-hydroxylation sites is 2. The number of nitrogens with zero attached hydrogens (tertiary/aromatic N) is 1. The third kappa shape index (κ3) is 6.64. The minimum Gasteiger partial charge on any atom is -0.309 e. The first kappa shape index (κ1) is 37.7. The Bertz CT molecular complexity index is 3670. The minimum atomic E-state index is 1.08. The van der Waals surface area contributed by atoms with Crippen LogP contribution >= 0.6 is 11.3 Å². The molecular formula is C62H41NS. The van der Waals surface area contributed by atoms with E-state index in [9.17, 15) is 0 Å². The second kappa shape index (κ2) is 16.0. The zero-order valence-corrected chi connectivity index (χ0v) is 35.8. The van der Waals surface area contributed by atoms with Crippen molar-refractivity contribution >= 4 is 70.1 Å². The molecule has 0 aliphatic carbocycles. The van der Waals surface area contributed by atoms with Gasteiger partial charge in [0.05, 0.1) is 11.4 Å². The van der Waals surface area contributed by atoms with Crippen LogP contribution < -0.4 is 4.90 Å². The lowest BCUT2D eigenvalue weighted by atomic mass is 9.91. The number of hydrogen-bond donors (Lipinski definition) is 0. The molecule has 0 radical (unpaired) electrons. The third-order valence-corrected chi connectivity index (χ3v) is 13.8. The molecule has 0 saturated heterocycles. The molecular weight excluding hydrogens is 791 g/mol. The average molecular weight is 832 g/mol. The second-order valence-corrected chi connectivity index (χ2v) is 17.5. The predicted octanol–water partition coefficient (Wildman–Crippen LogP) is 18.2. The Morgan fingerprint density at radius 3 is 1.52 bits per heavy atom. The molecule has 0 spiro atoms. The van der Waals surface area contributed by atoms with Crippen molar-refractivity contribution in [2.75, 3.05) is 4.90 Å². The summed E-state index contributed by atoms with van der Waals surface area (Å²) in [5.74, 6) is 0. The summed E-state index contributed by atoms with van der Waals surface area (Å²) in [5.41, 5.74) is 15.3. The fourth-order valence-electron chi connectivity index (χ4n) is 9.65. The van der Waals surface area contributed by atoms with Crippen LogP contribution in [0, 0.1) is 0 Å². The van der Waals surface area contributed by atoms with Crippen molar-refractivity contribution in [3.8, 4) is 55.6 Å². The van der Waals surface area contributed by atoms with Gasteiger partial charge >= 0.3 is 0 Å². The Balaban J connectivity index is 1.02. The fraction of sp³-hybridized carbons (Fsp3) is 0. The Morgan fingerprint density at radius 1 is 0.266 bits per heavy atom. The van der Waals surface area contributed by atoms with Gasteiger partial charge in [0.25, 0.3) is 0 Å². The zero-order chi connectivity index (χ0) is 42.4. The molecule has 1 nitrogen and oxygen atoms in total. The molecule has 300 valence electrons. The van der Waals surface area contributed by atoms with Gasteiger partial charge in [0.2, 0.25) is 0 Å². The monoisotopic (exact) mass is 831 g/mol. The lowest BCUT2D eigenvalue weighted by Crippen LogP contribution is -2.12. The Hall–Kier alpha value is -8.04. The Labute approximate surface area is 377 Å². The van der Waals surface area contributed by atoms with Crippen molar-refractivity contribution in [3.05, 3.63) is 249 Å². The van der Waals surface area contributed by atoms with Gasteiger partial charge in [0, 0.05) is 37.0 Å². The molecule has 64 heavy (non-hydrogen) atoms. The number of rotatable bonds is 8. The van der Waals surface area contributed by atoms with E-state index in [-0.39, 0.29) is 0 Å². The van der Waals surface area contributed by atoms with Crippen molar-refractivity contribution in [1.82, 2.24) is 0 Å². The largest absolute Gasteiger partial charge is 0.309 e. The number of anilines is 3. The Morgan fingerprint density at radius 2 is 0.750 bits per heavy atom. The lowest BCUT2D eigenvalue weighted by Gasteiger charge is -2.30. The van der Waals surface area contributed by atoms with Crippen LogP contribution in [0.4, 0.5) is 17.1 Å². The highest BCUT2D eigenvalue weighted by atomic mass is 32.1. The molecule has 0 saturated carbocycles. The molecule has 0 unspecified atom stereocenters. The Kier molecular flexibility index (Phi) is 9.43. The van der Waals surface area contributed by atoms with Gasteiger partial charge < -0.3 is 4.90 Å². The van der Waals surface area contributed by atoms with Gasteiger partial charge in [-0.05, 0) is 109 Å². The lowest BCUT2D eigenvalue weighted by molar-refractivity contribution is 1.28. The van der Waals surface area contributed by atoms with E-state index in [4.69, 9.17) is 0 Å². The van der Waals surface area contributed by atoms with Gasteiger partial charge in [-0.15, -0.1) is 11.3 Å². The summed E-state index contributed by atoms with van der Waals surface area (Å²) in [7, 11) is 0. The summed E-state index contributed by atoms with van der Waals surface area (Å²) in [6, 6.07) is 91.0. The smallest absolute Gasteiger partial charge is 0.0540 e. The first-order chi connectivity index (χ1) is 31.7. The molecule has 0 bridgehead atoms. The van der Waals surface area contributed by atoms with Crippen molar-refractivity contribution in [2.45, 2.75) is 0 Å². The molecule has 11 aromatic carbocycles. The molecule has 1 aromatic heterocycles. The molecule has 0 aliphatic heterocycles. The number of hydrogen-bond acceptors (Lipinski definition) is 2. The van der Waals surface area contributed by atoms with Crippen LogP contribution in [-0.2, 0) is 0 Å². The average Bonchev–Trinajstić information content (AvgIpc) is 3.76. The van der Waals surface area contributed by atoms with Crippen LogP contribution in [0.15, 0.2) is 249 Å². The van der Waals surface area contributed by atoms with E-state index in [0.717, 1.165) is 22.6 Å². The SMILES string of the molecule is c1ccc(-c2ccccc2N(c2ccc(-c3ccc(-c4cccc5ccccc45)cc3)cc2)c2ccccc2-c2cccc3sc4ccccc4c23)c(-c2ccc3ccccc3c2)c1. The van der Waals surface area contributed by atoms with Crippen molar-refractivity contribution in [3.63, 3.8) is 0 Å². The maximum atomic E-state index is 2.47. The maximum Gasteiger partial charge on any atom is 0.0540 e. The van der Waals surface area contributed by atoms with E-state index in [2.05, 4.69) is 254 Å². The number of thiophene rings is 1. The van der Waals surface area contributed by atoms with Gasteiger partial charge in [-0.1, -0.05) is 206 Å². The highest BCUT2D eigenvalue weighted by molar-refractivity contribution is 7.25. The van der Waals surface area contributed by atoms with Gasteiger partial charge in [0.15, 0.2) is 0 Å². The van der Waals surface area contributed by atoms with E-state index in [0.29, 0.717) is 0 Å². The van der Waals surface area contributed by atoms with Crippen LogP contribution in [0.2, 0.25) is 0 Å². The van der Waals surface area contributed by atoms with Crippen LogP contribution in [0.25, 0.3) is 97.4 Å². The highest BCUT2D eigenvalue weighted by Gasteiger charge is 2.23. The van der Waals surface area contributed by atoms with Gasteiger partial charge in [-0.2, -0.15) is 0 Å². The second-order valence-electron chi connectivity index (χ2n) is 16.4. The standard InChI is InChI=1S/C62H41NS/c1-2-17-47-41-48(36-33-42(47)15-1)52-20-5-6-21-53(52)54-22-7-10-27-58(54)63(59-28-11-8-23-55(59)56-26-14-30-61-62(56)57-24-9-12-29-60(57)64-61)49-39-37-44(38-40-49)43-31-34-46(35-32-43)51-25-13-18-45-16-3-4-19-50(45)51/h1-41H. The van der Waals surface area contributed by atoms with Gasteiger partial charge in [-0.25, -0.2) is 0 Å². The minimum absolute atomic E-state index is 1.08. The predicted molar refractivity (Wildman–Crippen MR) is 276 cm³/mol. The van der Waals surface area contributed by atoms with E-state index in [1.54, 1.807) is 0 Å². The summed E-state index contributed by atoms with van der Waals surface area (Å²) >= 11 is 1.86. The van der Waals surface area contributed by atoms with Gasteiger partial charge in [0.1, 0.15) is 0 Å². The third-order valence-electron chi connectivity index (χ3n) is 12.7. The summed E-state index contributed by atoms with van der Waals surface area (Å²) < 4.78 is 2.59. The quantitative estimate of drug-likeness (QED) is 0.147. The molecule has 1 heterocycles. The van der Waals surface area contributed by atoms with Crippen LogP contribution in [0.3, 0.4) is 0 Å². The molecule has 12 aromatic rings. The fourth-order valence-corrected chi connectivity index (χ4v) is 10.8. The highest BCUT2D eigenvalue weighted by Crippen LogP contribution is 2.49. The van der Waals surface area contributed by atoms with E-state index >= 15 is 0 Å². The first-order valence-electron chi connectivity index (χ1n) is 21.9. The first-order valence-corrected chi connectivity index (χ1v) is 22.7. The van der Waals surface area contributed by atoms with Crippen LogP contribution in [-0.4, -0.2) is 0 Å². The maximum absolute atomic E-state index is 2.47. The molecule has 0 N–H and O–H groups in total. The topological polar surface area (TPSA) is 3.24 Å². The number of fused-ring (bicyclic) bond motifs is 5. The molecule has 12 rings (SSSR count). The van der Waals surface area contributed by atoms with E-state index < -0.39 is 0 Å². The summed E-state index contributed by atoms with van der Waals surface area (Å²) in [6.07, 6.45) is 0. The molecule has 0 atom stereocenters. The zero-order valence-electron chi connectivity index (χ0n) is 35.0. The van der Waals surface area contributed by atoms with Crippen molar-refractivity contribution in [2.24, 2.45) is 0 Å². The normalized spacial score (nSPS) is 11.4. The molecule has 0 amide bonds. The van der Waals surface area contributed by atoms with E-state index in [1.165, 1.54) is 91.8 Å². The van der Waals surface area contributed by atoms with Crippen molar-refractivity contribution in [1.29, 1.82) is 0 Å². The summed E-state index contributed by atoms with van der Waals surface area (Å²) in [6.45, 7) is 0. The summed E-state index contributed by atoms with van der Waals surface area (Å²) in [4.78, 5) is 2.47. The van der Waals surface area contributed by atoms with Gasteiger partial charge in [-0.3, -0.25) is 0 Å². The number of benzene rings is 11. The van der Waals surface area contributed by atoms with Crippen LogP contribution in [0.1, 0.15) is 0 Å². The van der Waals surface area contributed by atoms with E-state index in [1.807, 2.05) is 11.3 Å². The van der Waals surface area contributed by atoms with Crippen LogP contribution in [0.5, 0.6) is 0 Å². The molecule has 0 fully saturated rings. The van der Waals surface area contributed by atoms with Crippen molar-refractivity contribution < 1.29 is 0 Å². The molecule has 0 aliphatic rings. The summed E-state index contributed by atoms with van der Waals surface area (Å²) in [5, 5.41) is 7.59. The molecule has 2 heteroatoms.